The minimum atomic E-state index is -0.190. The van der Waals surface area contributed by atoms with Gasteiger partial charge in [0.25, 0.3) is 5.91 Å². The lowest BCUT2D eigenvalue weighted by atomic mass is 10.3. The first-order valence-electron chi connectivity index (χ1n) is 9.87. The molecule has 0 saturated heterocycles. The minimum Gasteiger partial charge on any atom is -0.455 e. The summed E-state index contributed by atoms with van der Waals surface area (Å²) in [6, 6.07) is 5.49. The Morgan fingerprint density at radius 3 is 2.69 bits per heavy atom. The number of likely N-dealkylation sites (N-methyl/N-ethyl adjacent to an activating group) is 1. The number of hydrogen-bond acceptors (Lipinski definition) is 7. The summed E-state index contributed by atoms with van der Waals surface area (Å²) in [7, 11) is 5.74. The molecular weight excluding hydrogens is 390 g/mol. The average Bonchev–Trinajstić information content (AvgIpc) is 3.16. The van der Waals surface area contributed by atoms with Crippen LogP contribution in [-0.4, -0.2) is 63.3 Å². The van der Waals surface area contributed by atoms with Crippen molar-refractivity contribution in [1.29, 1.82) is 0 Å². The van der Waals surface area contributed by atoms with Crippen molar-refractivity contribution < 1.29 is 18.8 Å². The predicted octanol–water partition coefficient (Wildman–Crippen LogP) is 1.23. The third kappa shape index (κ3) is 7.34. The zero-order valence-electron chi connectivity index (χ0n) is 17.9. The van der Waals surface area contributed by atoms with E-state index >= 15 is 0 Å². The van der Waals surface area contributed by atoms with Crippen molar-refractivity contribution in [3.8, 4) is 0 Å². The number of carbonyl (C=O) groups excluding carboxylic acids is 1. The van der Waals surface area contributed by atoms with Gasteiger partial charge in [0, 0.05) is 26.3 Å². The molecule has 9 heteroatoms. The van der Waals surface area contributed by atoms with Crippen LogP contribution >= 0.6 is 11.8 Å². The Balaban J connectivity index is 2.02. The van der Waals surface area contributed by atoms with Gasteiger partial charge in [0.15, 0.2) is 10.9 Å². The van der Waals surface area contributed by atoms with Crippen molar-refractivity contribution in [1.82, 2.24) is 15.3 Å². The van der Waals surface area contributed by atoms with Crippen molar-refractivity contribution in [3.05, 3.63) is 35.4 Å². The number of furan rings is 1. The predicted molar refractivity (Wildman–Crippen MR) is 115 cm³/mol. The van der Waals surface area contributed by atoms with Crippen LogP contribution in [-0.2, 0) is 17.1 Å². The molecule has 1 amide bonds. The highest BCUT2D eigenvalue weighted by Crippen LogP contribution is 2.24. The molecule has 0 atom stereocenters. The Hall–Kier alpha value is -2.10. The molecule has 0 saturated carbocycles. The van der Waals surface area contributed by atoms with Gasteiger partial charge in [-0.2, -0.15) is 0 Å². The van der Waals surface area contributed by atoms with Crippen molar-refractivity contribution in [2.24, 2.45) is 0 Å². The first-order chi connectivity index (χ1) is 14.0. The van der Waals surface area contributed by atoms with Gasteiger partial charge < -0.3 is 24.3 Å². The van der Waals surface area contributed by atoms with Crippen molar-refractivity contribution in [2.45, 2.75) is 31.4 Å². The second-order valence-corrected chi connectivity index (χ2v) is 7.82. The molecule has 0 fully saturated rings. The molecule has 160 valence electrons. The molecule has 0 spiro atoms. The van der Waals surface area contributed by atoms with Crippen LogP contribution in [0.3, 0.4) is 0 Å². The molecule has 0 radical (unpaired) electrons. The third-order valence-electron chi connectivity index (χ3n) is 4.26. The fourth-order valence-corrected chi connectivity index (χ4v) is 3.45. The lowest BCUT2D eigenvalue weighted by Gasteiger charge is -2.20. The third-order valence-corrected chi connectivity index (χ3v) is 5.13. The van der Waals surface area contributed by atoms with Gasteiger partial charge in [0.05, 0.1) is 45.2 Å². The average molecular weight is 423 g/mol. The monoisotopic (exact) mass is 422 g/mol. The number of carbonyl (C=O) groups is 1. The fourth-order valence-electron chi connectivity index (χ4n) is 2.68. The van der Waals surface area contributed by atoms with Gasteiger partial charge in [-0.25, -0.2) is 9.97 Å². The molecule has 8 nitrogen and oxygen atoms in total. The number of anilines is 1. The summed E-state index contributed by atoms with van der Waals surface area (Å²) in [6.07, 6.45) is 0. The van der Waals surface area contributed by atoms with Crippen LogP contribution in [0, 0.1) is 0 Å². The van der Waals surface area contributed by atoms with E-state index < -0.39 is 0 Å². The smallest absolute Gasteiger partial charge is 0.287 e. The normalized spacial score (nSPS) is 11.1. The molecule has 2 aromatic heterocycles. The number of amides is 1. The molecule has 0 aliphatic heterocycles. The van der Waals surface area contributed by atoms with E-state index in [0.29, 0.717) is 35.6 Å². The highest BCUT2D eigenvalue weighted by molar-refractivity contribution is 7.98. The van der Waals surface area contributed by atoms with Gasteiger partial charge in [-0.3, -0.25) is 4.79 Å². The highest BCUT2D eigenvalue weighted by atomic mass is 32.2. The molecule has 0 aromatic carbocycles. The number of rotatable bonds is 12. The number of aromatic nitrogens is 2. The van der Waals surface area contributed by atoms with Gasteiger partial charge in [-0.15, -0.1) is 0 Å². The zero-order chi connectivity index (χ0) is 21.2. The summed E-state index contributed by atoms with van der Waals surface area (Å²) in [5, 5.41) is 3.53. The number of hydrogen-bond donors (Lipinski definition) is 2. The van der Waals surface area contributed by atoms with Gasteiger partial charge in [-0.05, 0) is 26.0 Å². The molecule has 2 heterocycles. The van der Waals surface area contributed by atoms with Crippen molar-refractivity contribution >= 4 is 23.5 Å². The van der Waals surface area contributed by atoms with Crippen LogP contribution in [0.5, 0.6) is 0 Å². The number of quaternary nitrogens is 1. The quantitative estimate of drug-likeness (QED) is 0.393. The van der Waals surface area contributed by atoms with E-state index in [2.05, 4.69) is 34.0 Å². The van der Waals surface area contributed by atoms with Crippen LogP contribution in [0.15, 0.2) is 27.8 Å². The molecule has 0 aliphatic rings. The topological polar surface area (TPSA) is 84.9 Å². The number of nitrogens with zero attached hydrogens (tertiary/aromatic N) is 3. The number of thioether (sulfide) groups is 1. The Kier molecular flexibility index (Phi) is 9.43. The van der Waals surface area contributed by atoms with Crippen molar-refractivity contribution in [2.75, 3.05) is 52.3 Å². The summed E-state index contributed by atoms with van der Waals surface area (Å²) in [5.74, 6) is 2.28. The summed E-state index contributed by atoms with van der Waals surface area (Å²) < 4.78 is 10.9. The first kappa shape index (κ1) is 23.2. The molecule has 29 heavy (non-hydrogen) atoms. The molecule has 0 unspecified atom stereocenters. The van der Waals surface area contributed by atoms with E-state index in [9.17, 15) is 4.79 Å². The zero-order valence-corrected chi connectivity index (χ0v) is 18.8. The largest absolute Gasteiger partial charge is 0.455 e. The van der Waals surface area contributed by atoms with Gasteiger partial charge in [0.1, 0.15) is 11.6 Å². The maximum Gasteiger partial charge on any atom is 0.287 e. The molecule has 2 N–H and O–H groups in total. The van der Waals surface area contributed by atoms with E-state index in [1.54, 1.807) is 13.2 Å². The maximum absolute atomic E-state index is 12.2. The second-order valence-electron chi connectivity index (χ2n) is 6.87. The van der Waals surface area contributed by atoms with Crippen LogP contribution in [0.1, 0.15) is 35.9 Å². The molecular formula is C20H32N5O3S+. The van der Waals surface area contributed by atoms with Crippen LogP contribution in [0.2, 0.25) is 0 Å². The minimum absolute atomic E-state index is 0.190. The van der Waals surface area contributed by atoms with Crippen LogP contribution in [0.25, 0.3) is 0 Å². The second kappa shape index (κ2) is 11.8. The molecule has 2 aromatic rings. The van der Waals surface area contributed by atoms with E-state index in [4.69, 9.17) is 9.15 Å². The lowest BCUT2D eigenvalue weighted by molar-refractivity contribution is -0.856. The Bertz CT molecular complexity index is 777. The van der Waals surface area contributed by atoms with Gasteiger partial charge in [0.2, 0.25) is 0 Å². The van der Waals surface area contributed by atoms with Gasteiger partial charge >= 0.3 is 0 Å². The lowest BCUT2D eigenvalue weighted by Crippen LogP contribution is -3.06. The number of ether oxygens (including phenoxy) is 1. The van der Waals surface area contributed by atoms with E-state index in [1.165, 1.54) is 16.7 Å². The van der Waals surface area contributed by atoms with Gasteiger partial charge in [-0.1, -0.05) is 11.8 Å². The Labute approximate surface area is 177 Å². The summed E-state index contributed by atoms with van der Waals surface area (Å²) in [5.41, 5.74) is 0.842. The highest BCUT2D eigenvalue weighted by Gasteiger charge is 2.14. The van der Waals surface area contributed by atoms with E-state index in [-0.39, 0.29) is 5.91 Å². The summed E-state index contributed by atoms with van der Waals surface area (Å²) in [4.78, 5) is 24.8. The number of nitrogens with one attached hydrogen (secondary N) is 2. The summed E-state index contributed by atoms with van der Waals surface area (Å²) in [6.45, 7) is 7.85. The molecule has 2 rings (SSSR count). The van der Waals surface area contributed by atoms with Crippen LogP contribution in [0.4, 0.5) is 5.82 Å². The van der Waals surface area contributed by atoms with E-state index in [1.807, 2.05) is 26.2 Å². The Morgan fingerprint density at radius 1 is 1.28 bits per heavy atom. The first-order valence-corrected chi connectivity index (χ1v) is 10.9. The summed E-state index contributed by atoms with van der Waals surface area (Å²) >= 11 is 1.48. The standard InChI is InChI=1S/C20H31N5O3S/c1-6-25(7-2)18-12-15(13-27-5)22-20(23-18)29-14-16-8-9-17(28-16)19(26)21-10-11-24(3)4/h8-9,12H,6-7,10-11,13-14H2,1-5H3,(H,21,26)/p+1. The molecule has 0 aliphatic carbocycles. The fraction of sp³-hybridized carbons (Fsp3) is 0.550. The Morgan fingerprint density at radius 2 is 2.03 bits per heavy atom. The maximum atomic E-state index is 12.2. The van der Waals surface area contributed by atoms with Crippen LogP contribution < -0.4 is 15.1 Å². The van der Waals surface area contributed by atoms with E-state index in [0.717, 1.165) is 31.1 Å². The SMILES string of the molecule is CCN(CC)c1cc(COC)nc(SCc2ccc(C(=O)NCC[NH+](C)C)o2)n1. The van der Waals surface area contributed by atoms with Crippen molar-refractivity contribution in [3.63, 3.8) is 0 Å². The number of methoxy groups -OCH3 is 1. The molecule has 0 bridgehead atoms.